The first-order valence-corrected chi connectivity index (χ1v) is 5.52. The Morgan fingerprint density at radius 1 is 1.25 bits per heavy atom. The molecule has 4 heteroatoms. The number of likely N-dealkylation sites (N-methyl/N-ethyl adjacent to an activating group) is 1. The molecule has 0 aliphatic carbocycles. The number of nitrogens with zero attached hydrogens (tertiary/aromatic N) is 3. The highest BCUT2D eigenvalue weighted by atomic mass is 16.3. The van der Waals surface area contributed by atoms with E-state index in [1.165, 1.54) is 0 Å². The van der Waals surface area contributed by atoms with E-state index in [-0.39, 0.29) is 6.61 Å². The Kier molecular flexibility index (Phi) is 3.41. The second kappa shape index (κ2) is 4.99. The summed E-state index contributed by atoms with van der Waals surface area (Å²) in [6.45, 7) is 2.71. The summed E-state index contributed by atoms with van der Waals surface area (Å²) in [5.74, 6) is 0.945. The van der Waals surface area contributed by atoms with Gasteiger partial charge in [-0.25, -0.2) is 4.99 Å². The van der Waals surface area contributed by atoms with Crippen molar-refractivity contribution in [3.63, 3.8) is 0 Å². The standard InChI is InChI=1S/C12H17N3O/c1-14-7-8-15(9-10-16)12(14)13-11-5-3-2-4-6-11/h2-6,16H,7-10H2,1H3. The molecule has 1 heterocycles. The maximum atomic E-state index is 8.98. The van der Waals surface area contributed by atoms with Crippen LogP contribution < -0.4 is 0 Å². The van der Waals surface area contributed by atoms with Crippen molar-refractivity contribution < 1.29 is 5.11 Å². The van der Waals surface area contributed by atoms with Gasteiger partial charge in [0.15, 0.2) is 0 Å². The van der Waals surface area contributed by atoms with E-state index < -0.39 is 0 Å². The SMILES string of the molecule is CN1CCN(CCO)C1=Nc1ccccc1. The van der Waals surface area contributed by atoms with Gasteiger partial charge in [-0.1, -0.05) is 18.2 Å². The summed E-state index contributed by atoms with van der Waals surface area (Å²) in [4.78, 5) is 8.81. The van der Waals surface area contributed by atoms with Crippen molar-refractivity contribution in [1.29, 1.82) is 0 Å². The van der Waals surface area contributed by atoms with Gasteiger partial charge in [0.25, 0.3) is 0 Å². The highest BCUT2D eigenvalue weighted by Gasteiger charge is 2.22. The van der Waals surface area contributed by atoms with E-state index in [2.05, 4.69) is 14.8 Å². The molecule has 1 aromatic carbocycles. The van der Waals surface area contributed by atoms with E-state index >= 15 is 0 Å². The summed E-state index contributed by atoms with van der Waals surface area (Å²) < 4.78 is 0. The number of β-amino-alcohol motifs (C(OH)–C–C–N with tert-alkyl or cyclic N) is 1. The summed E-state index contributed by atoms with van der Waals surface area (Å²) in [6.07, 6.45) is 0. The number of guanidine groups is 1. The monoisotopic (exact) mass is 219 g/mol. The van der Waals surface area contributed by atoms with Crippen LogP contribution in [0.3, 0.4) is 0 Å². The normalized spacial score (nSPS) is 18.5. The number of para-hydroxylation sites is 1. The number of aliphatic hydroxyl groups excluding tert-OH is 1. The van der Waals surface area contributed by atoms with E-state index in [9.17, 15) is 0 Å². The number of benzene rings is 1. The fraction of sp³-hybridized carbons (Fsp3) is 0.417. The molecule has 86 valence electrons. The summed E-state index contributed by atoms with van der Waals surface area (Å²) in [6, 6.07) is 9.90. The van der Waals surface area contributed by atoms with Crippen LogP contribution >= 0.6 is 0 Å². The van der Waals surface area contributed by atoms with Crippen LogP contribution in [0.15, 0.2) is 35.3 Å². The van der Waals surface area contributed by atoms with Gasteiger partial charge in [-0.05, 0) is 12.1 Å². The third-order valence-corrected chi connectivity index (χ3v) is 2.68. The molecule has 0 spiro atoms. The molecule has 1 aromatic rings. The largest absolute Gasteiger partial charge is 0.395 e. The van der Waals surface area contributed by atoms with Crippen LogP contribution in [0.2, 0.25) is 0 Å². The van der Waals surface area contributed by atoms with E-state index in [4.69, 9.17) is 5.11 Å². The molecule has 0 bridgehead atoms. The lowest BCUT2D eigenvalue weighted by Gasteiger charge is -2.19. The molecule has 1 N–H and O–H groups in total. The Balaban J connectivity index is 2.20. The number of aliphatic hydroxyl groups is 1. The molecule has 1 aliphatic heterocycles. The summed E-state index contributed by atoms with van der Waals surface area (Å²) in [7, 11) is 2.03. The molecule has 2 rings (SSSR count). The van der Waals surface area contributed by atoms with Crippen molar-refractivity contribution in [2.24, 2.45) is 4.99 Å². The smallest absolute Gasteiger partial charge is 0.201 e. The van der Waals surface area contributed by atoms with Gasteiger partial charge >= 0.3 is 0 Å². The molecule has 0 unspecified atom stereocenters. The lowest BCUT2D eigenvalue weighted by atomic mass is 10.3. The van der Waals surface area contributed by atoms with Crippen molar-refractivity contribution in [2.45, 2.75) is 0 Å². The maximum absolute atomic E-state index is 8.98. The van der Waals surface area contributed by atoms with Gasteiger partial charge in [-0.15, -0.1) is 0 Å². The molecule has 4 nitrogen and oxygen atoms in total. The van der Waals surface area contributed by atoms with Crippen LogP contribution in [-0.4, -0.2) is 54.2 Å². The second-order valence-electron chi connectivity index (χ2n) is 3.88. The van der Waals surface area contributed by atoms with Crippen LogP contribution in [0.1, 0.15) is 0 Å². The van der Waals surface area contributed by atoms with E-state index in [1.807, 2.05) is 37.4 Å². The number of hydrogen-bond donors (Lipinski definition) is 1. The van der Waals surface area contributed by atoms with Gasteiger partial charge in [0.2, 0.25) is 5.96 Å². The van der Waals surface area contributed by atoms with Crippen molar-refractivity contribution in [2.75, 3.05) is 33.3 Å². The Labute approximate surface area is 95.8 Å². The van der Waals surface area contributed by atoms with Crippen molar-refractivity contribution in [3.8, 4) is 0 Å². The van der Waals surface area contributed by atoms with Crippen molar-refractivity contribution in [3.05, 3.63) is 30.3 Å². The molecule has 0 atom stereocenters. The molecular weight excluding hydrogens is 202 g/mol. The van der Waals surface area contributed by atoms with Crippen LogP contribution in [0, 0.1) is 0 Å². The van der Waals surface area contributed by atoms with Gasteiger partial charge < -0.3 is 14.9 Å². The third-order valence-electron chi connectivity index (χ3n) is 2.68. The fourth-order valence-electron chi connectivity index (χ4n) is 1.82. The Hall–Kier alpha value is -1.55. The lowest BCUT2D eigenvalue weighted by molar-refractivity contribution is 0.257. The first kappa shape index (κ1) is 11.0. The van der Waals surface area contributed by atoms with E-state index in [0.717, 1.165) is 24.7 Å². The van der Waals surface area contributed by atoms with Crippen LogP contribution in [0.25, 0.3) is 0 Å². The zero-order valence-corrected chi connectivity index (χ0v) is 9.50. The van der Waals surface area contributed by atoms with Gasteiger partial charge in [-0.2, -0.15) is 0 Å². The fourth-order valence-corrected chi connectivity index (χ4v) is 1.82. The molecule has 16 heavy (non-hydrogen) atoms. The quantitative estimate of drug-likeness (QED) is 0.821. The molecule has 1 saturated heterocycles. The summed E-state index contributed by atoms with van der Waals surface area (Å²) in [5, 5.41) is 8.98. The first-order valence-electron chi connectivity index (χ1n) is 5.52. The molecular formula is C12H17N3O. The molecule has 0 saturated carbocycles. The highest BCUT2D eigenvalue weighted by molar-refractivity contribution is 5.84. The van der Waals surface area contributed by atoms with Gasteiger partial charge in [0, 0.05) is 26.7 Å². The third kappa shape index (κ3) is 2.33. The Morgan fingerprint density at radius 3 is 2.69 bits per heavy atom. The molecule has 1 fully saturated rings. The van der Waals surface area contributed by atoms with Crippen molar-refractivity contribution >= 4 is 11.6 Å². The predicted molar refractivity (Wildman–Crippen MR) is 64.8 cm³/mol. The maximum Gasteiger partial charge on any atom is 0.201 e. The minimum Gasteiger partial charge on any atom is -0.395 e. The van der Waals surface area contributed by atoms with Gasteiger partial charge in [0.05, 0.1) is 12.3 Å². The second-order valence-corrected chi connectivity index (χ2v) is 3.88. The average Bonchev–Trinajstić information content (AvgIpc) is 2.64. The zero-order valence-electron chi connectivity index (χ0n) is 9.50. The Bertz CT molecular complexity index is 362. The number of aliphatic imine (C=N–C) groups is 1. The zero-order chi connectivity index (χ0) is 11.4. The molecule has 0 radical (unpaired) electrons. The van der Waals surface area contributed by atoms with E-state index in [0.29, 0.717) is 6.54 Å². The van der Waals surface area contributed by atoms with Crippen LogP contribution in [0.4, 0.5) is 5.69 Å². The number of rotatable bonds is 3. The van der Waals surface area contributed by atoms with Gasteiger partial charge in [0.1, 0.15) is 0 Å². The van der Waals surface area contributed by atoms with Crippen LogP contribution in [0.5, 0.6) is 0 Å². The molecule has 0 amide bonds. The van der Waals surface area contributed by atoms with Crippen molar-refractivity contribution in [1.82, 2.24) is 9.80 Å². The lowest BCUT2D eigenvalue weighted by Crippen LogP contribution is -2.33. The topological polar surface area (TPSA) is 39.1 Å². The Morgan fingerprint density at radius 2 is 2.00 bits per heavy atom. The minimum atomic E-state index is 0.168. The summed E-state index contributed by atoms with van der Waals surface area (Å²) in [5.41, 5.74) is 0.953. The first-order chi connectivity index (χ1) is 7.81. The average molecular weight is 219 g/mol. The molecule has 0 aromatic heterocycles. The van der Waals surface area contributed by atoms with Crippen LogP contribution in [-0.2, 0) is 0 Å². The minimum absolute atomic E-state index is 0.168. The number of hydrogen-bond acceptors (Lipinski definition) is 2. The summed E-state index contributed by atoms with van der Waals surface area (Å²) >= 11 is 0. The highest BCUT2D eigenvalue weighted by Crippen LogP contribution is 2.15. The van der Waals surface area contributed by atoms with E-state index in [1.54, 1.807) is 0 Å². The molecule has 1 aliphatic rings. The van der Waals surface area contributed by atoms with Gasteiger partial charge in [-0.3, -0.25) is 0 Å². The predicted octanol–water partition coefficient (Wildman–Crippen LogP) is 0.914.